The van der Waals surface area contributed by atoms with Crippen molar-refractivity contribution in [3.05, 3.63) is 64.4 Å². The Bertz CT molecular complexity index is 636. The third kappa shape index (κ3) is 2.86. The largest absolute Gasteiger partial charge is 0.484 e. The van der Waals surface area contributed by atoms with Crippen molar-refractivity contribution in [3.63, 3.8) is 0 Å². The van der Waals surface area contributed by atoms with E-state index in [1.807, 2.05) is 18.2 Å². The number of hydrogen-bond acceptors (Lipinski definition) is 2. The lowest BCUT2D eigenvalue weighted by molar-refractivity contribution is 0.225. The summed E-state index contributed by atoms with van der Waals surface area (Å²) in [5.41, 5.74) is 0.693. The molecule has 0 aliphatic rings. The number of ether oxygens (including phenoxy) is 1. The molecular formula is C15H11ClFNO. The molecule has 0 saturated heterocycles. The molecule has 0 heterocycles. The van der Waals surface area contributed by atoms with E-state index < -0.39 is 5.82 Å². The predicted octanol–water partition coefficient (Wildman–Crippen LogP) is 4.49. The minimum absolute atomic E-state index is 0.0959. The molecule has 0 aliphatic carbocycles. The monoisotopic (exact) mass is 275 g/mol. The first-order valence-electron chi connectivity index (χ1n) is 5.73. The summed E-state index contributed by atoms with van der Waals surface area (Å²) >= 11 is 6.07. The Hall–Kier alpha value is -2.05. The standard InChI is InChI=1S/C15H11ClFNO/c1-10(11-5-2-3-6-13(11)16)19-15-8-4-7-14(17)12(15)9-18/h2-8,10H,1H3. The smallest absolute Gasteiger partial charge is 0.144 e. The fraction of sp³-hybridized carbons (Fsp3) is 0.133. The average Bonchev–Trinajstić information content (AvgIpc) is 2.39. The van der Waals surface area contributed by atoms with Crippen LogP contribution in [0.15, 0.2) is 42.5 Å². The van der Waals surface area contributed by atoms with Crippen molar-refractivity contribution in [3.8, 4) is 11.8 Å². The van der Waals surface area contributed by atoms with Crippen molar-refractivity contribution >= 4 is 11.6 Å². The van der Waals surface area contributed by atoms with E-state index in [1.165, 1.54) is 12.1 Å². The molecule has 96 valence electrons. The number of benzene rings is 2. The van der Waals surface area contributed by atoms with Crippen molar-refractivity contribution in [2.45, 2.75) is 13.0 Å². The normalized spacial score (nSPS) is 11.7. The van der Waals surface area contributed by atoms with Crippen molar-refractivity contribution < 1.29 is 9.13 Å². The summed E-state index contributed by atoms with van der Waals surface area (Å²) in [5, 5.41) is 9.52. The Labute approximate surface area is 116 Å². The number of nitriles is 1. The van der Waals surface area contributed by atoms with Crippen LogP contribution in [0, 0.1) is 17.1 Å². The molecule has 2 nitrogen and oxygen atoms in total. The predicted molar refractivity (Wildman–Crippen MR) is 71.6 cm³/mol. The van der Waals surface area contributed by atoms with Crippen LogP contribution in [0.1, 0.15) is 24.2 Å². The van der Waals surface area contributed by atoms with Crippen LogP contribution >= 0.6 is 11.6 Å². The van der Waals surface area contributed by atoms with Crippen LogP contribution in [0.4, 0.5) is 4.39 Å². The van der Waals surface area contributed by atoms with Gasteiger partial charge in [0.2, 0.25) is 0 Å². The van der Waals surface area contributed by atoms with E-state index in [0.717, 1.165) is 5.56 Å². The molecule has 4 heteroatoms. The van der Waals surface area contributed by atoms with Crippen LogP contribution in [0.25, 0.3) is 0 Å². The third-order valence-electron chi connectivity index (χ3n) is 2.73. The summed E-state index contributed by atoms with van der Waals surface area (Å²) in [5.74, 6) is -0.374. The minimum atomic E-state index is -0.591. The molecule has 0 aromatic heterocycles. The van der Waals surface area contributed by atoms with Crippen molar-refractivity contribution in [2.24, 2.45) is 0 Å². The summed E-state index contributed by atoms with van der Waals surface area (Å²) in [6, 6.07) is 13.4. The maximum absolute atomic E-state index is 13.5. The van der Waals surface area contributed by atoms with Gasteiger partial charge in [-0.2, -0.15) is 5.26 Å². The highest BCUT2D eigenvalue weighted by Crippen LogP contribution is 2.29. The van der Waals surface area contributed by atoms with Gasteiger partial charge < -0.3 is 4.74 Å². The molecule has 2 aromatic rings. The van der Waals surface area contributed by atoms with Crippen molar-refractivity contribution in [1.29, 1.82) is 5.26 Å². The Balaban J connectivity index is 2.30. The van der Waals surface area contributed by atoms with Gasteiger partial charge in [0.05, 0.1) is 0 Å². The number of nitrogens with zero attached hydrogens (tertiary/aromatic N) is 1. The molecule has 2 aromatic carbocycles. The second-order valence-corrected chi connectivity index (χ2v) is 4.41. The van der Waals surface area contributed by atoms with Gasteiger partial charge in [-0.25, -0.2) is 4.39 Å². The lowest BCUT2D eigenvalue weighted by Crippen LogP contribution is -2.05. The highest BCUT2D eigenvalue weighted by atomic mass is 35.5. The molecular weight excluding hydrogens is 265 g/mol. The Morgan fingerprint density at radius 1 is 1.21 bits per heavy atom. The SMILES string of the molecule is CC(Oc1cccc(F)c1C#N)c1ccccc1Cl. The van der Waals surface area contributed by atoms with Gasteiger partial charge in [0.15, 0.2) is 0 Å². The van der Waals surface area contributed by atoms with Crippen LogP contribution in [0.2, 0.25) is 5.02 Å². The maximum Gasteiger partial charge on any atom is 0.144 e. The Morgan fingerprint density at radius 2 is 1.95 bits per heavy atom. The lowest BCUT2D eigenvalue weighted by Gasteiger charge is -2.17. The topological polar surface area (TPSA) is 33.0 Å². The first-order valence-corrected chi connectivity index (χ1v) is 6.11. The summed E-state index contributed by atoms with van der Waals surface area (Å²) in [6.45, 7) is 1.80. The first-order chi connectivity index (χ1) is 9.13. The molecule has 0 spiro atoms. The van der Waals surface area contributed by atoms with Gasteiger partial charge in [0.1, 0.15) is 29.3 Å². The first kappa shape index (κ1) is 13.4. The summed E-state index contributed by atoms with van der Waals surface area (Å²) in [6.07, 6.45) is -0.373. The van der Waals surface area contributed by atoms with Crippen LogP contribution in [0.5, 0.6) is 5.75 Å². The second kappa shape index (κ2) is 5.73. The van der Waals surface area contributed by atoms with Gasteiger partial charge in [-0.1, -0.05) is 35.9 Å². The molecule has 0 fully saturated rings. The fourth-order valence-electron chi connectivity index (χ4n) is 1.77. The van der Waals surface area contributed by atoms with Gasteiger partial charge in [0, 0.05) is 10.6 Å². The van der Waals surface area contributed by atoms with Crippen LogP contribution < -0.4 is 4.74 Å². The fourth-order valence-corrected chi connectivity index (χ4v) is 2.06. The van der Waals surface area contributed by atoms with Crippen LogP contribution in [0.3, 0.4) is 0 Å². The molecule has 0 saturated carbocycles. The van der Waals surface area contributed by atoms with E-state index in [9.17, 15) is 4.39 Å². The Morgan fingerprint density at radius 3 is 2.63 bits per heavy atom. The highest BCUT2D eigenvalue weighted by Gasteiger charge is 2.15. The van der Waals surface area contributed by atoms with E-state index in [0.29, 0.717) is 5.02 Å². The van der Waals surface area contributed by atoms with Gasteiger partial charge in [-0.3, -0.25) is 0 Å². The second-order valence-electron chi connectivity index (χ2n) is 4.01. The molecule has 0 radical (unpaired) electrons. The summed E-state index contributed by atoms with van der Waals surface area (Å²) in [7, 11) is 0. The summed E-state index contributed by atoms with van der Waals surface area (Å²) in [4.78, 5) is 0. The summed E-state index contributed by atoms with van der Waals surface area (Å²) < 4.78 is 19.1. The molecule has 2 rings (SSSR count). The van der Waals surface area contributed by atoms with Gasteiger partial charge in [-0.05, 0) is 25.1 Å². The van der Waals surface area contributed by atoms with E-state index in [1.54, 1.807) is 25.1 Å². The molecule has 1 unspecified atom stereocenters. The van der Waals surface area contributed by atoms with Gasteiger partial charge in [0.25, 0.3) is 0 Å². The highest BCUT2D eigenvalue weighted by molar-refractivity contribution is 6.31. The Kier molecular flexibility index (Phi) is 4.03. The average molecular weight is 276 g/mol. The third-order valence-corrected chi connectivity index (χ3v) is 3.08. The number of halogens is 2. The van der Waals surface area contributed by atoms with E-state index in [-0.39, 0.29) is 17.4 Å². The van der Waals surface area contributed by atoms with Crippen molar-refractivity contribution in [1.82, 2.24) is 0 Å². The van der Waals surface area contributed by atoms with E-state index in [4.69, 9.17) is 21.6 Å². The van der Waals surface area contributed by atoms with E-state index >= 15 is 0 Å². The minimum Gasteiger partial charge on any atom is -0.484 e. The molecule has 0 aliphatic heterocycles. The van der Waals surface area contributed by atoms with Gasteiger partial charge >= 0.3 is 0 Å². The lowest BCUT2D eigenvalue weighted by atomic mass is 10.1. The molecule has 1 atom stereocenters. The molecule has 0 amide bonds. The van der Waals surface area contributed by atoms with Crippen LogP contribution in [-0.2, 0) is 0 Å². The zero-order chi connectivity index (χ0) is 13.8. The maximum atomic E-state index is 13.5. The van der Waals surface area contributed by atoms with Crippen molar-refractivity contribution in [2.75, 3.05) is 0 Å². The number of hydrogen-bond donors (Lipinski definition) is 0. The molecule has 19 heavy (non-hydrogen) atoms. The zero-order valence-electron chi connectivity index (χ0n) is 10.2. The van der Waals surface area contributed by atoms with Gasteiger partial charge in [-0.15, -0.1) is 0 Å². The number of rotatable bonds is 3. The molecule has 0 bridgehead atoms. The molecule has 0 N–H and O–H groups in total. The van der Waals surface area contributed by atoms with E-state index in [2.05, 4.69) is 0 Å². The quantitative estimate of drug-likeness (QED) is 0.827. The van der Waals surface area contributed by atoms with Crippen LogP contribution in [-0.4, -0.2) is 0 Å². The zero-order valence-corrected chi connectivity index (χ0v) is 11.0.